The van der Waals surface area contributed by atoms with Gasteiger partial charge in [-0.15, -0.1) is 0 Å². The van der Waals surface area contributed by atoms with Crippen LogP contribution in [0.2, 0.25) is 0 Å². The molecule has 0 aliphatic rings. The van der Waals surface area contributed by atoms with Gasteiger partial charge in [0.1, 0.15) is 0 Å². The van der Waals surface area contributed by atoms with Crippen molar-refractivity contribution in [2.75, 3.05) is 0 Å². The van der Waals surface area contributed by atoms with E-state index in [9.17, 15) is 22.8 Å². The summed E-state index contributed by atoms with van der Waals surface area (Å²) in [4.78, 5) is 23.0. The quantitative estimate of drug-likeness (QED) is 0.633. The van der Waals surface area contributed by atoms with Crippen LogP contribution in [0.15, 0.2) is 48.5 Å². The molecule has 0 fully saturated rings. The van der Waals surface area contributed by atoms with Crippen molar-refractivity contribution in [3.63, 3.8) is 0 Å². The maximum atomic E-state index is 12.6. The first kappa shape index (κ1) is 14.0. The van der Waals surface area contributed by atoms with Crippen LogP contribution in [0.3, 0.4) is 0 Å². The highest BCUT2D eigenvalue weighted by atomic mass is 19.4. The Morgan fingerprint density at radius 1 is 1.00 bits per heavy atom. The molecule has 0 N–H and O–H groups in total. The number of alkyl halides is 3. The third kappa shape index (κ3) is 2.77. The Kier molecular flexibility index (Phi) is 3.70. The van der Waals surface area contributed by atoms with E-state index in [2.05, 4.69) is 0 Å². The summed E-state index contributed by atoms with van der Waals surface area (Å²) in [6, 6.07) is 10.1. The Bertz CT molecular complexity index is 660. The van der Waals surface area contributed by atoms with Crippen molar-refractivity contribution < 1.29 is 22.8 Å². The smallest absolute Gasteiger partial charge is 0.298 e. The molecular formula is C15H9F3O2. The van der Waals surface area contributed by atoms with E-state index in [1.54, 1.807) is 12.1 Å². The molecule has 0 unspecified atom stereocenters. The molecule has 0 atom stereocenters. The molecular weight excluding hydrogens is 269 g/mol. The molecule has 0 amide bonds. The predicted molar refractivity (Wildman–Crippen MR) is 66.7 cm³/mol. The van der Waals surface area contributed by atoms with Crippen molar-refractivity contribution in [1.29, 1.82) is 0 Å². The summed E-state index contributed by atoms with van der Waals surface area (Å²) >= 11 is 0. The first-order valence-corrected chi connectivity index (χ1v) is 5.69. The van der Waals surface area contributed by atoms with Crippen LogP contribution >= 0.6 is 0 Å². The zero-order valence-electron chi connectivity index (χ0n) is 10.1. The summed E-state index contributed by atoms with van der Waals surface area (Å²) in [6.07, 6.45) is -4.01. The molecule has 0 aliphatic carbocycles. The minimum Gasteiger partial charge on any atom is -0.298 e. The Balaban J connectivity index is 2.46. The number of carbonyl (C=O) groups is 2. The maximum Gasteiger partial charge on any atom is 0.416 e. The number of aldehydes is 1. The lowest BCUT2D eigenvalue weighted by molar-refractivity contribution is -0.137. The van der Waals surface area contributed by atoms with E-state index < -0.39 is 17.5 Å². The number of rotatable bonds is 3. The summed E-state index contributed by atoms with van der Waals surface area (Å²) in [7, 11) is 0. The second kappa shape index (κ2) is 5.28. The van der Waals surface area contributed by atoms with Gasteiger partial charge >= 0.3 is 6.18 Å². The van der Waals surface area contributed by atoms with Crippen LogP contribution in [0.25, 0.3) is 0 Å². The lowest BCUT2D eigenvalue weighted by atomic mass is 9.98. The lowest BCUT2D eigenvalue weighted by Gasteiger charge is -2.09. The van der Waals surface area contributed by atoms with Crippen molar-refractivity contribution in [1.82, 2.24) is 0 Å². The van der Waals surface area contributed by atoms with E-state index in [0.717, 1.165) is 12.1 Å². The highest BCUT2D eigenvalue weighted by Crippen LogP contribution is 2.30. The van der Waals surface area contributed by atoms with Gasteiger partial charge in [-0.25, -0.2) is 0 Å². The van der Waals surface area contributed by atoms with Gasteiger partial charge in [0.25, 0.3) is 0 Å². The molecule has 0 saturated carbocycles. The monoisotopic (exact) mass is 278 g/mol. The highest BCUT2D eigenvalue weighted by Gasteiger charge is 2.31. The Labute approximate surface area is 112 Å². The fourth-order valence-corrected chi connectivity index (χ4v) is 1.80. The van der Waals surface area contributed by atoms with Gasteiger partial charge in [-0.2, -0.15) is 13.2 Å². The third-order valence-electron chi connectivity index (χ3n) is 2.78. The summed E-state index contributed by atoms with van der Waals surface area (Å²) in [5, 5.41) is 0. The second-order valence-corrected chi connectivity index (χ2v) is 4.11. The largest absolute Gasteiger partial charge is 0.416 e. The summed E-state index contributed by atoms with van der Waals surface area (Å²) in [5.41, 5.74) is -0.766. The average molecular weight is 278 g/mol. The SMILES string of the molecule is O=Cc1ccccc1C(=O)c1cccc(C(F)(F)F)c1. The molecule has 0 heterocycles. The molecule has 20 heavy (non-hydrogen) atoms. The minimum atomic E-state index is -4.51. The minimum absolute atomic E-state index is 0.0850. The number of hydrogen-bond acceptors (Lipinski definition) is 2. The maximum absolute atomic E-state index is 12.6. The van der Waals surface area contributed by atoms with E-state index in [4.69, 9.17) is 0 Å². The van der Waals surface area contributed by atoms with Crippen molar-refractivity contribution in [3.8, 4) is 0 Å². The lowest BCUT2D eigenvalue weighted by Crippen LogP contribution is -2.09. The molecule has 0 saturated heterocycles. The zero-order chi connectivity index (χ0) is 14.8. The number of halogens is 3. The summed E-state index contributed by atoms with van der Waals surface area (Å²) < 4.78 is 37.8. The predicted octanol–water partition coefficient (Wildman–Crippen LogP) is 3.75. The van der Waals surface area contributed by atoms with Crippen LogP contribution in [0.1, 0.15) is 31.8 Å². The normalized spacial score (nSPS) is 11.2. The summed E-state index contributed by atoms with van der Waals surface area (Å²) in [5.74, 6) is -0.612. The number of hydrogen-bond donors (Lipinski definition) is 0. The van der Waals surface area contributed by atoms with Crippen molar-refractivity contribution in [2.24, 2.45) is 0 Å². The molecule has 0 aromatic heterocycles. The first-order chi connectivity index (χ1) is 9.43. The topological polar surface area (TPSA) is 34.1 Å². The summed E-state index contributed by atoms with van der Waals surface area (Å²) in [6.45, 7) is 0. The van der Waals surface area contributed by atoms with Crippen LogP contribution in [0.5, 0.6) is 0 Å². The molecule has 0 spiro atoms. The molecule has 2 nitrogen and oxygen atoms in total. The van der Waals surface area contributed by atoms with Crippen LogP contribution in [-0.4, -0.2) is 12.1 Å². The molecule has 2 aromatic rings. The average Bonchev–Trinajstić information content (AvgIpc) is 2.45. The fourth-order valence-electron chi connectivity index (χ4n) is 1.80. The van der Waals surface area contributed by atoms with Gasteiger partial charge in [0.2, 0.25) is 0 Å². The number of ketones is 1. The Morgan fingerprint density at radius 3 is 2.35 bits per heavy atom. The van der Waals surface area contributed by atoms with E-state index in [0.29, 0.717) is 6.29 Å². The molecule has 0 aliphatic heterocycles. The van der Waals surface area contributed by atoms with Crippen molar-refractivity contribution >= 4 is 12.1 Å². The van der Waals surface area contributed by atoms with Gasteiger partial charge in [0, 0.05) is 16.7 Å². The van der Waals surface area contributed by atoms with E-state index >= 15 is 0 Å². The number of benzene rings is 2. The van der Waals surface area contributed by atoms with Gasteiger partial charge in [0.15, 0.2) is 12.1 Å². The molecule has 0 radical (unpaired) electrons. The Morgan fingerprint density at radius 2 is 1.70 bits per heavy atom. The van der Waals surface area contributed by atoms with Crippen molar-refractivity contribution in [2.45, 2.75) is 6.18 Å². The molecule has 0 bridgehead atoms. The van der Waals surface area contributed by atoms with Gasteiger partial charge in [-0.1, -0.05) is 36.4 Å². The van der Waals surface area contributed by atoms with Crippen LogP contribution in [0.4, 0.5) is 13.2 Å². The van der Waals surface area contributed by atoms with Gasteiger partial charge in [-0.3, -0.25) is 9.59 Å². The number of carbonyl (C=O) groups excluding carboxylic acids is 2. The van der Waals surface area contributed by atoms with Gasteiger partial charge < -0.3 is 0 Å². The molecule has 2 aromatic carbocycles. The fraction of sp³-hybridized carbons (Fsp3) is 0.0667. The van der Waals surface area contributed by atoms with Crippen molar-refractivity contribution in [3.05, 3.63) is 70.8 Å². The highest BCUT2D eigenvalue weighted by molar-refractivity contribution is 6.12. The van der Waals surface area contributed by atoms with Crippen LogP contribution in [-0.2, 0) is 6.18 Å². The van der Waals surface area contributed by atoms with Gasteiger partial charge in [-0.05, 0) is 12.1 Å². The zero-order valence-corrected chi connectivity index (χ0v) is 10.1. The Hall–Kier alpha value is -2.43. The van der Waals surface area contributed by atoms with E-state index in [1.807, 2.05) is 0 Å². The molecule has 5 heteroatoms. The van der Waals surface area contributed by atoms with Crippen LogP contribution < -0.4 is 0 Å². The van der Waals surface area contributed by atoms with E-state index in [-0.39, 0.29) is 16.7 Å². The van der Waals surface area contributed by atoms with E-state index in [1.165, 1.54) is 24.3 Å². The van der Waals surface area contributed by atoms with Gasteiger partial charge in [0.05, 0.1) is 5.56 Å². The standard InChI is InChI=1S/C15H9F3O2/c16-15(17,18)12-6-3-5-10(8-12)14(20)13-7-2-1-4-11(13)9-19/h1-9H. The van der Waals surface area contributed by atoms with Crippen LogP contribution in [0, 0.1) is 0 Å². The molecule has 2 rings (SSSR count). The second-order valence-electron chi connectivity index (χ2n) is 4.11. The first-order valence-electron chi connectivity index (χ1n) is 5.69. The molecule has 102 valence electrons. The third-order valence-corrected chi connectivity index (χ3v) is 2.78.